The van der Waals surface area contributed by atoms with Gasteiger partial charge in [-0.05, 0) is 37.1 Å². The summed E-state index contributed by atoms with van der Waals surface area (Å²) in [6.45, 7) is 1.39. The van der Waals surface area contributed by atoms with E-state index in [1.807, 2.05) is 0 Å². The van der Waals surface area contributed by atoms with E-state index in [9.17, 15) is 4.79 Å². The number of carbonyl (C=O) groups excluding carboxylic acids is 1. The number of nitrogen functional groups attached to an aromatic ring is 1. The number of carbonyl (C=O) groups is 1. The Balaban J connectivity index is 0.00000144. The van der Waals surface area contributed by atoms with Crippen LogP contribution in [0.15, 0.2) is 24.3 Å². The molecule has 0 bridgehead atoms. The van der Waals surface area contributed by atoms with Crippen LogP contribution in [0.25, 0.3) is 0 Å². The zero-order valence-electron chi connectivity index (χ0n) is 9.52. The van der Waals surface area contributed by atoms with Crippen LogP contribution in [0.1, 0.15) is 23.2 Å². The van der Waals surface area contributed by atoms with Crippen LogP contribution in [-0.2, 0) is 4.74 Å². The van der Waals surface area contributed by atoms with E-state index < -0.39 is 0 Å². The topological polar surface area (TPSA) is 64.4 Å². The van der Waals surface area contributed by atoms with Crippen molar-refractivity contribution in [3.63, 3.8) is 0 Å². The Kier molecular flexibility index (Phi) is 5.25. The molecule has 2 rings (SSSR count). The Morgan fingerprint density at radius 2 is 2.12 bits per heavy atom. The fourth-order valence-electron chi connectivity index (χ4n) is 1.75. The highest BCUT2D eigenvalue weighted by Gasteiger charge is 2.16. The van der Waals surface area contributed by atoms with Crippen LogP contribution in [0.3, 0.4) is 0 Å². The molecule has 1 aliphatic rings. The van der Waals surface area contributed by atoms with Gasteiger partial charge in [0.2, 0.25) is 0 Å². The number of hydrogen-bond acceptors (Lipinski definition) is 3. The van der Waals surface area contributed by atoms with Crippen LogP contribution < -0.4 is 11.1 Å². The van der Waals surface area contributed by atoms with E-state index in [0.717, 1.165) is 19.4 Å². The van der Waals surface area contributed by atoms with E-state index in [4.69, 9.17) is 10.5 Å². The minimum absolute atomic E-state index is 0. The molecule has 0 aliphatic carbocycles. The van der Waals surface area contributed by atoms with Crippen LogP contribution >= 0.6 is 12.4 Å². The molecule has 0 spiro atoms. The van der Waals surface area contributed by atoms with Crippen LogP contribution in [0.2, 0.25) is 0 Å². The van der Waals surface area contributed by atoms with E-state index >= 15 is 0 Å². The van der Waals surface area contributed by atoms with Gasteiger partial charge in [0.15, 0.2) is 0 Å². The molecular weight excluding hydrogens is 240 g/mol. The van der Waals surface area contributed by atoms with Crippen molar-refractivity contribution in [3.8, 4) is 0 Å². The molecule has 4 nitrogen and oxygen atoms in total. The summed E-state index contributed by atoms with van der Waals surface area (Å²) >= 11 is 0. The maximum atomic E-state index is 11.7. The third kappa shape index (κ3) is 3.91. The van der Waals surface area contributed by atoms with Crippen molar-refractivity contribution < 1.29 is 9.53 Å². The molecule has 0 saturated carbocycles. The van der Waals surface area contributed by atoms with Crippen LogP contribution in [-0.4, -0.2) is 25.2 Å². The first-order valence-corrected chi connectivity index (χ1v) is 5.51. The lowest BCUT2D eigenvalue weighted by Gasteiger charge is -2.10. The Morgan fingerprint density at radius 3 is 2.71 bits per heavy atom. The summed E-state index contributed by atoms with van der Waals surface area (Å²) in [5.74, 6) is -0.0736. The van der Waals surface area contributed by atoms with Gasteiger partial charge in [0.05, 0.1) is 6.10 Å². The zero-order valence-corrected chi connectivity index (χ0v) is 10.3. The van der Waals surface area contributed by atoms with Crippen molar-refractivity contribution in [2.24, 2.45) is 0 Å². The predicted octanol–water partition coefficient (Wildman–Crippen LogP) is 1.60. The highest BCUT2D eigenvalue weighted by Crippen LogP contribution is 2.11. The molecular formula is C12H17ClN2O2. The fourth-order valence-corrected chi connectivity index (χ4v) is 1.75. The van der Waals surface area contributed by atoms with E-state index in [2.05, 4.69) is 5.32 Å². The molecule has 1 fully saturated rings. The van der Waals surface area contributed by atoms with Gasteiger partial charge in [0.25, 0.3) is 5.91 Å². The Hall–Kier alpha value is -1.26. The Labute approximate surface area is 107 Å². The van der Waals surface area contributed by atoms with Gasteiger partial charge < -0.3 is 15.8 Å². The summed E-state index contributed by atoms with van der Waals surface area (Å²) in [5, 5.41) is 2.86. The van der Waals surface area contributed by atoms with Crippen molar-refractivity contribution in [2.75, 3.05) is 18.9 Å². The number of nitrogens with two attached hydrogens (primary N) is 1. The van der Waals surface area contributed by atoms with Crippen LogP contribution in [0.5, 0.6) is 0 Å². The average molecular weight is 257 g/mol. The maximum Gasteiger partial charge on any atom is 0.251 e. The summed E-state index contributed by atoms with van der Waals surface area (Å²) in [7, 11) is 0. The molecule has 1 unspecified atom stereocenters. The largest absolute Gasteiger partial charge is 0.399 e. The van der Waals surface area contributed by atoms with Gasteiger partial charge in [-0.15, -0.1) is 12.4 Å². The molecule has 1 atom stereocenters. The Bertz CT molecular complexity index is 361. The number of anilines is 1. The molecule has 3 N–H and O–H groups in total. The number of nitrogens with one attached hydrogen (secondary N) is 1. The lowest BCUT2D eigenvalue weighted by Crippen LogP contribution is -2.31. The number of ether oxygens (including phenoxy) is 1. The molecule has 1 saturated heterocycles. The summed E-state index contributed by atoms with van der Waals surface area (Å²) in [6, 6.07) is 6.89. The summed E-state index contributed by atoms with van der Waals surface area (Å²) in [6.07, 6.45) is 2.29. The molecule has 1 aromatic carbocycles. The highest BCUT2D eigenvalue weighted by atomic mass is 35.5. The Morgan fingerprint density at radius 1 is 1.41 bits per heavy atom. The van der Waals surface area contributed by atoms with E-state index in [1.165, 1.54) is 0 Å². The minimum atomic E-state index is -0.0736. The van der Waals surface area contributed by atoms with Crippen molar-refractivity contribution in [2.45, 2.75) is 18.9 Å². The monoisotopic (exact) mass is 256 g/mol. The van der Waals surface area contributed by atoms with Gasteiger partial charge in [-0.2, -0.15) is 0 Å². The molecule has 1 amide bonds. The van der Waals surface area contributed by atoms with Crippen molar-refractivity contribution in [1.82, 2.24) is 5.32 Å². The first kappa shape index (κ1) is 13.8. The van der Waals surface area contributed by atoms with Crippen LogP contribution in [0.4, 0.5) is 5.69 Å². The van der Waals surface area contributed by atoms with Crippen LogP contribution in [0, 0.1) is 0 Å². The first-order chi connectivity index (χ1) is 7.75. The molecule has 0 radical (unpaired) electrons. The highest BCUT2D eigenvalue weighted by molar-refractivity contribution is 5.94. The second-order valence-corrected chi connectivity index (χ2v) is 3.97. The second kappa shape index (κ2) is 6.47. The first-order valence-electron chi connectivity index (χ1n) is 5.51. The molecule has 1 aromatic rings. The normalized spacial score (nSPS) is 18.5. The van der Waals surface area contributed by atoms with Gasteiger partial charge in [0.1, 0.15) is 0 Å². The van der Waals surface area contributed by atoms with Gasteiger partial charge in [-0.25, -0.2) is 0 Å². The lowest BCUT2D eigenvalue weighted by atomic mass is 10.2. The SMILES string of the molecule is Cl.Nc1ccc(C(=O)NCC2CCCO2)cc1. The zero-order chi connectivity index (χ0) is 11.4. The third-order valence-corrected chi connectivity index (χ3v) is 2.69. The van der Waals surface area contributed by atoms with Gasteiger partial charge in [-0.3, -0.25) is 4.79 Å². The van der Waals surface area contributed by atoms with Gasteiger partial charge in [0, 0.05) is 24.4 Å². The van der Waals surface area contributed by atoms with Crippen molar-refractivity contribution >= 4 is 24.0 Å². The fraction of sp³-hybridized carbons (Fsp3) is 0.417. The number of halogens is 1. The van der Waals surface area contributed by atoms with Gasteiger partial charge in [-0.1, -0.05) is 0 Å². The lowest BCUT2D eigenvalue weighted by molar-refractivity contribution is 0.0858. The minimum Gasteiger partial charge on any atom is -0.399 e. The molecule has 5 heteroatoms. The predicted molar refractivity (Wildman–Crippen MR) is 69.4 cm³/mol. The van der Waals surface area contributed by atoms with E-state index in [0.29, 0.717) is 17.8 Å². The molecule has 0 aromatic heterocycles. The second-order valence-electron chi connectivity index (χ2n) is 3.97. The summed E-state index contributed by atoms with van der Waals surface area (Å²) in [5.41, 5.74) is 6.84. The average Bonchev–Trinajstić information content (AvgIpc) is 2.80. The molecule has 1 heterocycles. The maximum absolute atomic E-state index is 11.7. The number of benzene rings is 1. The number of hydrogen-bond donors (Lipinski definition) is 2. The smallest absolute Gasteiger partial charge is 0.251 e. The molecule has 17 heavy (non-hydrogen) atoms. The molecule has 1 aliphatic heterocycles. The number of amides is 1. The van der Waals surface area contributed by atoms with E-state index in [-0.39, 0.29) is 24.4 Å². The molecule has 94 valence electrons. The van der Waals surface area contributed by atoms with Crippen molar-refractivity contribution in [1.29, 1.82) is 0 Å². The van der Waals surface area contributed by atoms with E-state index in [1.54, 1.807) is 24.3 Å². The third-order valence-electron chi connectivity index (χ3n) is 2.69. The quantitative estimate of drug-likeness (QED) is 0.808. The summed E-state index contributed by atoms with van der Waals surface area (Å²) in [4.78, 5) is 11.7. The standard InChI is InChI=1S/C12H16N2O2.ClH/c13-10-5-3-9(4-6-10)12(15)14-8-11-2-1-7-16-11;/h3-6,11H,1-2,7-8,13H2,(H,14,15);1H. The summed E-state index contributed by atoms with van der Waals surface area (Å²) < 4.78 is 5.42. The number of rotatable bonds is 3. The van der Waals surface area contributed by atoms with Gasteiger partial charge >= 0.3 is 0 Å². The van der Waals surface area contributed by atoms with Crippen molar-refractivity contribution in [3.05, 3.63) is 29.8 Å².